The summed E-state index contributed by atoms with van der Waals surface area (Å²) in [7, 11) is 0. The van der Waals surface area contributed by atoms with E-state index >= 15 is 0 Å². The van der Waals surface area contributed by atoms with Gasteiger partial charge in [-0.2, -0.15) is 11.8 Å². The second-order valence-electron chi connectivity index (χ2n) is 5.12. The summed E-state index contributed by atoms with van der Waals surface area (Å²) in [6.45, 7) is 2.96. The summed E-state index contributed by atoms with van der Waals surface area (Å²) < 4.78 is 2.40. The van der Waals surface area contributed by atoms with Crippen LogP contribution in [0.1, 0.15) is 38.4 Å². The first-order valence-corrected chi connectivity index (χ1v) is 9.13. The summed E-state index contributed by atoms with van der Waals surface area (Å²) in [5, 5.41) is 17.9. The zero-order valence-electron chi connectivity index (χ0n) is 12.0. The number of rotatable bonds is 7. The van der Waals surface area contributed by atoms with Gasteiger partial charge in [-0.05, 0) is 19.1 Å². The first-order valence-electron chi connectivity index (χ1n) is 6.92. The Morgan fingerprint density at radius 2 is 2.10 bits per heavy atom. The number of nitrogens with zero attached hydrogens (tertiary/aromatic N) is 3. The predicted molar refractivity (Wildman–Crippen MR) is 82.5 cm³/mol. The molecule has 0 radical (unpaired) electrons. The van der Waals surface area contributed by atoms with Crippen LogP contribution in [-0.2, 0) is 17.8 Å². The summed E-state index contributed by atoms with van der Waals surface area (Å²) in [5.74, 6) is 0.176. The van der Waals surface area contributed by atoms with Gasteiger partial charge in [0.25, 0.3) is 0 Å². The molecule has 112 valence electrons. The first kappa shape index (κ1) is 15.7. The van der Waals surface area contributed by atoms with Crippen molar-refractivity contribution in [1.29, 1.82) is 0 Å². The highest BCUT2D eigenvalue weighted by molar-refractivity contribution is 8.00. The Labute approximate surface area is 127 Å². The molecule has 1 aliphatic rings. The molecule has 2 rings (SSSR count). The van der Waals surface area contributed by atoms with Crippen molar-refractivity contribution in [2.75, 3.05) is 12.0 Å². The van der Waals surface area contributed by atoms with Gasteiger partial charge < -0.3 is 9.67 Å². The van der Waals surface area contributed by atoms with Gasteiger partial charge in [-0.25, -0.2) is 0 Å². The van der Waals surface area contributed by atoms with E-state index in [2.05, 4.69) is 27.9 Å². The van der Waals surface area contributed by atoms with E-state index in [0.717, 1.165) is 23.9 Å². The molecule has 0 bridgehead atoms. The van der Waals surface area contributed by atoms with Gasteiger partial charge >= 0.3 is 5.97 Å². The molecule has 1 aromatic rings. The zero-order valence-corrected chi connectivity index (χ0v) is 13.6. The van der Waals surface area contributed by atoms with Gasteiger partial charge in [-0.3, -0.25) is 4.79 Å². The van der Waals surface area contributed by atoms with Crippen molar-refractivity contribution < 1.29 is 9.90 Å². The monoisotopic (exact) mass is 315 g/mol. The fourth-order valence-electron chi connectivity index (χ4n) is 2.71. The summed E-state index contributed by atoms with van der Waals surface area (Å²) in [5.41, 5.74) is 0. The van der Waals surface area contributed by atoms with E-state index in [1.165, 1.54) is 37.4 Å². The lowest BCUT2D eigenvalue weighted by atomic mass is 10.1. The Morgan fingerprint density at radius 3 is 2.65 bits per heavy atom. The molecule has 20 heavy (non-hydrogen) atoms. The maximum absolute atomic E-state index is 10.7. The van der Waals surface area contributed by atoms with Crippen LogP contribution in [0.15, 0.2) is 5.16 Å². The van der Waals surface area contributed by atoms with E-state index in [1.807, 2.05) is 11.8 Å². The number of hydrogen-bond acceptors (Lipinski definition) is 5. The third-order valence-corrected chi connectivity index (χ3v) is 6.18. The van der Waals surface area contributed by atoms with E-state index in [4.69, 9.17) is 5.11 Å². The number of aromatic nitrogens is 3. The molecule has 0 aliphatic heterocycles. The standard InChI is InChI=1S/C13H21N3O2S2/c1-3-10-14-15-12(20-8-11(17)18)16(10)9-13(19-2)6-4-5-7-13/h3-9H2,1-2H3,(H,17,18). The molecule has 1 aliphatic carbocycles. The highest BCUT2D eigenvalue weighted by Gasteiger charge is 2.34. The zero-order chi connectivity index (χ0) is 14.6. The molecule has 1 heterocycles. The van der Waals surface area contributed by atoms with E-state index in [-0.39, 0.29) is 10.5 Å². The Morgan fingerprint density at radius 1 is 1.40 bits per heavy atom. The maximum Gasteiger partial charge on any atom is 0.313 e. The molecule has 1 N–H and O–H groups in total. The molecule has 0 atom stereocenters. The van der Waals surface area contributed by atoms with Crippen LogP contribution in [0.25, 0.3) is 0 Å². The number of aryl methyl sites for hydroxylation is 1. The number of carbonyl (C=O) groups is 1. The highest BCUT2D eigenvalue weighted by Crippen LogP contribution is 2.42. The second kappa shape index (κ2) is 6.85. The largest absolute Gasteiger partial charge is 0.481 e. The fraction of sp³-hybridized carbons (Fsp3) is 0.769. The number of aliphatic carboxylic acids is 1. The number of carboxylic acids is 1. The van der Waals surface area contributed by atoms with Gasteiger partial charge in [0.05, 0.1) is 5.75 Å². The minimum atomic E-state index is -0.817. The van der Waals surface area contributed by atoms with Gasteiger partial charge in [0.2, 0.25) is 0 Å². The number of carboxylic acid groups (broad SMARTS) is 1. The van der Waals surface area contributed by atoms with Crippen LogP contribution in [0.5, 0.6) is 0 Å². The Kier molecular flexibility index (Phi) is 5.37. The Hall–Kier alpha value is -0.690. The van der Waals surface area contributed by atoms with Gasteiger partial charge in [0.15, 0.2) is 5.16 Å². The van der Waals surface area contributed by atoms with Crippen LogP contribution in [0.2, 0.25) is 0 Å². The lowest BCUT2D eigenvalue weighted by molar-refractivity contribution is -0.133. The minimum Gasteiger partial charge on any atom is -0.481 e. The Bertz CT molecular complexity index is 470. The van der Waals surface area contributed by atoms with Crippen LogP contribution in [0.3, 0.4) is 0 Å². The molecular weight excluding hydrogens is 294 g/mol. The van der Waals surface area contributed by atoms with Crippen molar-refractivity contribution in [3.05, 3.63) is 5.82 Å². The van der Waals surface area contributed by atoms with E-state index in [9.17, 15) is 4.79 Å². The smallest absolute Gasteiger partial charge is 0.313 e. The van der Waals surface area contributed by atoms with Gasteiger partial charge in [-0.1, -0.05) is 31.5 Å². The highest BCUT2D eigenvalue weighted by atomic mass is 32.2. The quantitative estimate of drug-likeness (QED) is 0.780. The lowest BCUT2D eigenvalue weighted by Gasteiger charge is -2.28. The van der Waals surface area contributed by atoms with Crippen molar-refractivity contribution in [2.45, 2.75) is 55.5 Å². The minimum absolute atomic E-state index is 0.0358. The summed E-state index contributed by atoms with van der Waals surface area (Å²) in [4.78, 5) is 10.7. The van der Waals surface area contributed by atoms with E-state index in [0.29, 0.717) is 0 Å². The average Bonchev–Trinajstić information content (AvgIpc) is 3.04. The molecular formula is C13H21N3O2S2. The molecule has 1 fully saturated rings. The fourth-order valence-corrected chi connectivity index (χ4v) is 4.34. The SMILES string of the molecule is CCc1nnc(SCC(=O)O)n1CC1(SC)CCCC1. The molecule has 0 spiro atoms. The lowest BCUT2D eigenvalue weighted by Crippen LogP contribution is -2.28. The van der Waals surface area contributed by atoms with Crippen molar-refractivity contribution in [3.63, 3.8) is 0 Å². The summed E-state index contributed by atoms with van der Waals surface area (Å²) in [6, 6.07) is 0. The summed E-state index contributed by atoms with van der Waals surface area (Å²) in [6.07, 6.45) is 8.00. The second-order valence-corrected chi connectivity index (χ2v) is 7.33. The van der Waals surface area contributed by atoms with Crippen molar-refractivity contribution in [3.8, 4) is 0 Å². The van der Waals surface area contributed by atoms with Crippen molar-refractivity contribution in [2.24, 2.45) is 0 Å². The van der Waals surface area contributed by atoms with E-state index in [1.54, 1.807) is 0 Å². The normalized spacial score (nSPS) is 17.5. The Balaban J connectivity index is 2.19. The van der Waals surface area contributed by atoms with E-state index < -0.39 is 5.97 Å². The molecule has 0 unspecified atom stereocenters. The van der Waals surface area contributed by atoms with Gasteiger partial charge in [0, 0.05) is 17.7 Å². The molecule has 5 nitrogen and oxygen atoms in total. The third-order valence-electron chi connectivity index (χ3n) is 3.83. The van der Waals surface area contributed by atoms with Gasteiger partial charge in [-0.15, -0.1) is 10.2 Å². The topological polar surface area (TPSA) is 68.0 Å². The third kappa shape index (κ3) is 3.49. The van der Waals surface area contributed by atoms with Crippen LogP contribution >= 0.6 is 23.5 Å². The first-order chi connectivity index (χ1) is 9.60. The molecule has 0 amide bonds. The molecule has 0 aromatic carbocycles. The van der Waals surface area contributed by atoms with Crippen molar-refractivity contribution in [1.82, 2.24) is 14.8 Å². The van der Waals surface area contributed by atoms with Gasteiger partial charge in [0.1, 0.15) is 5.82 Å². The summed E-state index contributed by atoms with van der Waals surface area (Å²) >= 11 is 3.19. The van der Waals surface area contributed by atoms with Crippen LogP contribution in [-0.4, -0.2) is 42.6 Å². The van der Waals surface area contributed by atoms with Crippen LogP contribution < -0.4 is 0 Å². The molecule has 7 heteroatoms. The van der Waals surface area contributed by atoms with Crippen molar-refractivity contribution >= 4 is 29.5 Å². The van der Waals surface area contributed by atoms with Crippen LogP contribution in [0.4, 0.5) is 0 Å². The number of hydrogen-bond donors (Lipinski definition) is 1. The maximum atomic E-state index is 10.7. The average molecular weight is 315 g/mol. The molecule has 1 aromatic heterocycles. The predicted octanol–water partition coefficient (Wildman–Crippen LogP) is 2.69. The molecule has 1 saturated carbocycles. The molecule has 0 saturated heterocycles. The number of thioether (sulfide) groups is 2. The van der Waals surface area contributed by atoms with Crippen LogP contribution in [0, 0.1) is 0 Å².